The Balaban J connectivity index is 1.83. The average Bonchev–Trinajstić information content (AvgIpc) is 3.26. The van der Waals surface area contributed by atoms with Crippen molar-refractivity contribution < 1.29 is 28.6 Å². The van der Waals surface area contributed by atoms with E-state index in [0.717, 1.165) is 11.1 Å². The number of hydrogen-bond donors (Lipinski definition) is 1. The zero-order valence-corrected chi connectivity index (χ0v) is 20.2. The molecule has 12 heteroatoms. The quantitative estimate of drug-likeness (QED) is 0.367. The Bertz CT molecular complexity index is 1280. The molecule has 1 N–H and O–H groups in total. The van der Waals surface area contributed by atoms with Crippen LogP contribution in [-0.2, 0) is 24.9 Å². The first-order valence-corrected chi connectivity index (χ1v) is 10.6. The van der Waals surface area contributed by atoms with Gasteiger partial charge >= 0.3 is 11.7 Å². The Labute approximate surface area is 195 Å². The van der Waals surface area contributed by atoms with Crippen molar-refractivity contribution in [3.8, 4) is 17.2 Å². The average molecular weight is 477 g/mol. The first-order valence-electron chi connectivity index (χ1n) is 10.6. The molecule has 2 heterocycles. The normalized spacial score (nSPS) is 11.1. The summed E-state index contributed by atoms with van der Waals surface area (Å²) in [6, 6.07) is 2.93. The molecular formula is C22H30N5O7+. The van der Waals surface area contributed by atoms with Crippen molar-refractivity contribution in [3.63, 3.8) is 0 Å². The molecular weight excluding hydrogens is 446 g/mol. The highest BCUT2D eigenvalue weighted by molar-refractivity contribution is 5.91. The summed E-state index contributed by atoms with van der Waals surface area (Å²) in [6.45, 7) is 1.05. The molecule has 3 aromatic rings. The van der Waals surface area contributed by atoms with Gasteiger partial charge in [-0.3, -0.25) is 13.9 Å². The zero-order chi connectivity index (χ0) is 25.0. The van der Waals surface area contributed by atoms with Gasteiger partial charge in [-0.15, -0.1) is 0 Å². The minimum Gasteiger partial charge on any atom is -0.493 e. The van der Waals surface area contributed by atoms with Crippen molar-refractivity contribution >= 4 is 17.1 Å². The lowest BCUT2D eigenvalue weighted by Crippen LogP contribution is -3.06. The van der Waals surface area contributed by atoms with Gasteiger partial charge < -0.3 is 28.4 Å². The van der Waals surface area contributed by atoms with Crippen LogP contribution in [0.3, 0.4) is 0 Å². The topological polar surface area (TPSA) is 120 Å². The van der Waals surface area contributed by atoms with Crippen LogP contribution in [0.4, 0.5) is 0 Å². The van der Waals surface area contributed by atoms with Crippen LogP contribution in [0.15, 0.2) is 28.0 Å². The fourth-order valence-electron chi connectivity index (χ4n) is 3.54. The van der Waals surface area contributed by atoms with E-state index < -0.39 is 17.2 Å². The van der Waals surface area contributed by atoms with E-state index in [-0.39, 0.29) is 18.7 Å². The summed E-state index contributed by atoms with van der Waals surface area (Å²) in [7, 11) is 9.91. The fraction of sp³-hybridized carbons (Fsp3) is 0.455. The third kappa shape index (κ3) is 4.76. The van der Waals surface area contributed by atoms with E-state index in [2.05, 4.69) is 4.98 Å². The van der Waals surface area contributed by atoms with Crippen LogP contribution in [0.2, 0.25) is 0 Å². The van der Waals surface area contributed by atoms with Crippen LogP contribution >= 0.6 is 0 Å². The zero-order valence-electron chi connectivity index (χ0n) is 20.2. The number of aromatic nitrogens is 4. The summed E-state index contributed by atoms with van der Waals surface area (Å²) in [5.41, 5.74) is -0.193. The summed E-state index contributed by atoms with van der Waals surface area (Å²) in [5.74, 6) is 0.288. The third-order valence-corrected chi connectivity index (χ3v) is 5.40. The fourth-order valence-corrected chi connectivity index (χ4v) is 3.54. The van der Waals surface area contributed by atoms with E-state index in [4.69, 9.17) is 18.9 Å². The van der Waals surface area contributed by atoms with Gasteiger partial charge in [0.15, 0.2) is 22.7 Å². The lowest BCUT2D eigenvalue weighted by molar-refractivity contribution is -0.858. The molecule has 0 atom stereocenters. The highest BCUT2D eigenvalue weighted by Crippen LogP contribution is 2.38. The Morgan fingerprint density at radius 1 is 1.03 bits per heavy atom. The van der Waals surface area contributed by atoms with Gasteiger partial charge in [-0.2, -0.15) is 0 Å². The van der Waals surface area contributed by atoms with Crippen molar-refractivity contribution in [2.75, 3.05) is 48.6 Å². The van der Waals surface area contributed by atoms with E-state index in [0.29, 0.717) is 35.0 Å². The second-order valence-electron chi connectivity index (χ2n) is 7.92. The molecule has 2 aromatic heterocycles. The number of aryl methyl sites for hydroxylation is 1. The SMILES string of the molecule is COc1cc(C(=O)OCCn2c(=O)c3c(ncn3CC[NH+](C)C)n(C)c2=O)cc(OC)c1OC. The molecule has 12 nitrogen and oxygen atoms in total. The van der Waals surface area contributed by atoms with Gasteiger partial charge in [-0.25, -0.2) is 14.6 Å². The summed E-state index contributed by atoms with van der Waals surface area (Å²) in [6.07, 6.45) is 1.56. The molecule has 184 valence electrons. The Morgan fingerprint density at radius 2 is 1.68 bits per heavy atom. The molecule has 3 rings (SSSR count). The van der Waals surface area contributed by atoms with Gasteiger partial charge in [-0.05, 0) is 12.1 Å². The second-order valence-corrected chi connectivity index (χ2v) is 7.92. The van der Waals surface area contributed by atoms with Crippen LogP contribution in [-0.4, -0.2) is 73.2 Å². The third-order valence-electron chi connectivity index (χ3n) is 5.40. The molecule has 0 spiro atoms. The molecule has 1 aromatic carbocycles. The van der Waals surface area contributed by atoms with Crippen LogP contribution in [0, 0.1) is 0 Å². The molecule has 0 bridgehead atoms. The van der Waals surface area contributed by atoms with E-state index in [1.807, 2.05) is 14.1 Å². The second kappa shape index (κ2) is 10.4. The maximum Gasteiger partial charge on any atom is 0.338 e. The lowest BCUT2D eigenvalue weighted by Gasteiger charge is -2.14. The number of carbonyl (C=O) groups excluding carboxylic acids is 1. The van der Waals surface area contributed by atoms with Crippen molar-refractivity contribution in [2.45, 2.75) is 13.1 Å². The van der Waals surface area contributed by atoms with Gasteiger partial charge in [0.2, 0.25) is 5.75 Å². The van der Waals surface area contributed by atoms with Crippen molar-refractivity contribution in [1.29, 1.82) is 0 Å². The standard InChI is InChI=1S/C22H29N5O7/c1-24(2)7-8-26-13-23-19-17(26)20(28)27(22(30)25(19)3)9-10-34-21(29)14-11-15(31-4)18(33-6)16(12-14)32-5/h11-13H,7-10H2,1-6H3/p+1. The monoisotopic (exact) mass is 476 g/mol. The number of quaternary nitrogens is 1. The minimum atomic E-state index is -0.663. The number of esters is 1. The van der Waals surface area contributed by atoms with E-state index >= 15 is 0 Å². The van der Waals surface area contributed by atoms with Crippen LogP contribution in [0.25, 0.3) is 11.2 Å². The smallest absolute Gasteiger partial charge is 0.338 e. The number of imidazole rings is 1. The van der Waals surface area contributed by atoms with Crippen molar-refractivity contribution in [1.82, 2.24) is 18.7 Å². The van der Waals surface area contributed by atoms with Gasteiger partial charge in [-0.1, -0.05) is 0 Å². The molecule has 34 heavy (non-hydrogen) atoms. The number of fused-ring (bicyclic) bond motifs is 1. The number of carbonyl (C=O) groups is 1. The number of rotatable bonds is 10. The number of hydrogen-bond acceptors (Lipinski definition) is 8. The van der Waals surface area contributed by atoms with Crippen molar-refractivity contribution in [3.05, 3.63) is 44.9 Å². The van der Waals surface area contributed by atoms with Crippen molar-refractivity contribution in [2.24, 2.45) is 7.05 Å². The number of methoxy groups -OCH3 is 3. The van der Waals surface area contributed by atoms with Crippen LogP contribution in [0.1, 0.15) is 10.4 Å². The summed E-state index contributed by atoms with van der Waals surface area (Å²) in [4.78, 5) is 43.9. The molecule has 0 saturated carbocycles. The molecule has 0 aliphatic heterocycles. The number of nitrogens with zero attached hydrogens (tertiary/aromatic N) is 4. The molecule has 0 aliphatic carbocycles. The molecule has 0 fully saturated rings. The number of likely N-dealkylation sites (N-methyl/N-ethyl adjacent to an activating group) is 1. The van der Waals surface area contributed by atoms with Crippen LogP contribution < -0.4 is 30.4 Å². The maximum atomic E-state index is 13.1. The molecule has 0 amide bonds. The number of benzene rings is 1. The first kappa shape index (κ1) is 24.8. The molecule has 0 unspecified atom stereocenters. The number of ether oxygens (including phenoxy) is 4. The Kier molecular flexibility index (Phi) is 7.61. The lowest BCUT2D eigenvalue weighted by atomic mass is 10.2. The molecule has 0 aliphatic rings. The maximum absolute atomic E-state index is 13.1. The summed E-state index contributed by atoms with van der Waals surface area (Å²) >= 11 is 0. The number of nitrogens with one attached hydrogen (secondary N) is 1. The Hall–Kier alpha value is -3.80. The minimum absolute atomic E-state index is 0.109. The van der Waals surface area contributed by atoms with Gasteiger partial charge in [0.25, 0.3) is 5.56 Å². The van der Waals surface area contributed by atoms with Gasteiger partial charge in [0, 0.05) is 7.05 Å². The largest absolute Gasteiger partial charge is 0.493 e. The van der Waals surface area contributed by atoms with E-state index in [9.17, 15) is 14.4 Å². The highest BCUT2D eigenvalue weighted by Gasteiger charge is 2.19. The predicted molar refractivity (Wildman–Crippen MR) is 123 cm³/mol. The van der Waals surface area contributed by atoms with Crippen LogP contribution in [0.5, 0.6) is 17.2 Å². The first-order chi connectivity index (χ1) is 16.2. The van der Waals surface area contributed by atoms with Gasteiger partial charge in [0.1, 0.15) is 6.61 Å². The summed E-state index contributed by atoms with van der Waals surface area (Å²) in [5, 5.41) is 0. The van der Waals surface area contributed by atoms with Gasteiger partial charge in [0.05, 0.1) is 66.9 Å². The Morgan fingerprint density at radius 3 is 2.24 bits per heavy atom. The predicted octanol–water partition coefficient (Wildman–Crippen LogP) is -1.08. The molecule has 0 radical (unpaired) electrons. The van der Waals surface area contributed by atoms with E-state index in [1.165, 1.54) is 42.9 Å². The van der Waals surface area contributed by atoms with E-state index in [1.54, 1.807) is 17.9 Å². The summed E-state index contributed by atoms with van der Waals surface area (Å²) < 4.78 is 25.2. The highest BCUT2D eigenvalue weighted by atomic mass is 16.5. The molecule has 0 saturated heterocycles.